The highest BCUT2D eigenvalue weighted by Gasteiger charge is 2.46. The zero-order valence-corrected chi connectivity index (χ0v) is 11.8. The summed E-state index contributed by atoms with van der Waals surface area (Å²) in [4.78, 5) is 29.7. The number of aromatic nitrogens is 2. The van der Waals surface area contributed by atoms with Gasteiger partial charge in [-0.3, -0.25) is 9.59 Å². The van der Waals surface area contributed by atoms with Crippen molar-refractivity contribution in [2.45, 2.75) is 25.9 Å². The van der Waals surface area contributed by atoms with Gasteiger partial charge in [-0.15, -0.1) is 0 Å². The van der Waals surface area contributed by atoms with Crippen molar-refractivity contribution in [3.05, 3.63) is 42.9 Å². The van der Waals surface area contributed by atoms with Crippen molar-refractivity contribution in [1.29, 1.82) is 0 Å². The Kier molecular flexibility index (Phi) is 3.60. The molecule has 21 heavy (non-hydrogen) atoms. The minimum atomic E-state index is -0.408. The molecule has 110 valence electrons. The summed E-state index contributed by atoms with van der Waals surface area (Å²) in [5, 5.41) is 0. The van der Waals surface area contributed by atoms with E-state index in [0.29, 0.717) is 12.3 Å². The van der Waals surface area contributed by atoms with Crippen molar-refractivity contribution in [3.8, 4) is 0 Å². The second kappa shape index (κ2) is 5.55. The quantitative estimate of drug-likeness (QED) is 0.784. The molecule has 6 heteroatoms. The van der Waals surface area contributed by atoms with Gasteiger partial charge in [-0.1, -0.05) is 6.92 Å². The number of likely N-dealkylation sites (tertiary alicyclic amines) is 1. The van der Waals surface area contributed by atoms with E-state index < -0.39 is 5.91 Å². The zero-order chi connectivity index (χ0) is 14.8. The number of aryl methyl sites for hydroxylation is 1. The van der Waals surface area contributed by atoms with E-state index >= 15 is 0 Å². The van der Waals surface area contributed by atoms with Crippen molar-refractivity contribution in [3.63, 3.8) is 0 Å². The van der Waals surface area contributed by atoms with Crippen LogP contribution in [-0.4, -0.2) is 32.7 Å². The molecular weight excluding hydrogens is 270 g/mol. The minimum Gasteiger partial charge on any atom is -0.467 e. The van der Waals surface area contributed by atoms with Crippen molar-refractivity contribution in [2.24, 2.45) is 5.92 Å². The van der Waals surface area contributed by atoms with Crippen molar-refractivity contribution < 1.29 is 14.0 Å². The van der Waals surface area contributed by atoms with Crippen LogP contribution in [0.15, 0.2) is 41.5 Å². The molecule has 2 unspecified atom stereocenters. The molecule has 0 aliphatic carbocycles. The summed E-state index contributed by atoms with van der Waals surface area (Å²) in [5.41, 5.74) is 0. The van der Waals surface area contributed by atoms with Gasteiger partial charge in [0.1, 0.15) is 11.8 Å². The molecule has 0 bridgehead atoms. The van der Waals surface area contributed by atoms with Crippen LogP contribution in [-0.2, 0) is 16.1 Å². The van der Waals surface area contributed by atoms with Gasteiger partial charge in [-0.05, 0) is 18.6 Å². The summed E-state index contributed by atoms with van der Waals surface area (Å²) in [6.07, 6.45) is 7.67. The van der Waals surface area contributed by atoms with Crippen molar-refractivity contribution in [2.75, 3.05) is 6.54 Å². The molecule has 1 saturated heterocycles. The maximum Gasteiger partial charge on any atom is 0.290 e. The first kappa shape index (κ1) is 13.6. The Morgan fingerprint density at radius 2 is 2.19 bits per heavy atom. The first-order valence-electron chi connectivity index (χ1n) is 7.02. The van der Waals surface area contributed by atoms with Gasteiger partial charge >= 0.3 is 0 Å². The molecule has 0 saturated carbocycles. The summed E-state index contributed by atoms with van der Waals surface area (Å²) < 4.78 is 7.36. The van der Waals surface area contributed by atoms with Crippen LogP contribution in [0.3, 0.4) is 0 Å². The number of nitrogens with zero attached hydrogens (tertiary/aromatic N) is 3. The van der Waals surface area contributed by atoms with E-state index in [9.17, 15) is 9.59 Å². The third-order valence-electron chi connectivity index (χ3n) is 3.90. The lowest BCUT2D eigenvalue weighted by Crippen LogP contribution is -2.31. The summed E-state index contributed by atoms with van der Waals surface area (Å²) in [6.45, 7) is 3.07. The molecule has 0 N–H and O–H groups in total. The van der Waals surface area contributed by atoms with Crippen LogP contribution in [0.25, 0.3) is 0 Å². The Hall–Kier alpha value is -2.37. The van der Waals surface area contributed by atoms with Crippen molar-refractivity contribution >= 4 is 11.7 Å². The predicted molar refractivity (Wildman–Crippen MR) is 74.2 cm³/mol. The predicted octanol–water partition coefficient (Wildman–Crippen LogP) is 1.65. The molecule has 0 aromatic carbocycles. The summed E-state index contributed by atoms with van der Waals surface area (Å²) >= 11 is 0. The smallest absolute Gasteiger partial charge is 0.290 e. The molecule has 6 nitrogen and oxygen atoms in total. The highest BCUT2D eigenvalue weighted by molar-refractivity contribution is 6.39. The van der Waals surface area contributed by atoms with Crippen LogP contribution < -0.4 is 0 Å². The number of carbonyl (C=O) groups is 2. The minimum absolute atomic E-state index is 0.289. The Morgan fingerprint density at radius 1 is 1.33 bits per heavy atom. The van der Waals surface area contributed by atoms with E-state index in [4.69, 9.17) is 4.42 Å². The molecule has 2 aromatic heterocycles. The standard InChI is InChI=1S/C15H17N3O3/c1-11-13(12-4-2-9-21-12)18(15(20)14(11)19)7-3-6-17-8-5-16-10-17/h2,4-5,8-11,13H,3,6-7H2,1H3. The third kappa shape index (κ3) is 2.49. The van der Waals surface area contributed by atoms with Crippen LogP contribution in [0.1, 0.15) is 25.1 Å². The molecule has 1 aliphatic rings. The molecule has 0 radical (unpaired) electrons. The molecule has 1 fully saturated rings. The Bertz CT molecular complexity index is 619. The fourth-order valence-corrected chi connectivity index (χ4v) is 2.82. The molecule has 3 rings (SSSR count). The van der Waals surface area contributed by atoms with Crippen LogP contribution in [0.4, 0.5) is 0 Å². The monoisotopic (exact) mass is 287 g/mol. The highest BCUT2D eigenvalue weighted by atomic mass is 16.3. The van der Waals surface area contributed by atoms with Crippen molar-refractivity contribution in [1.82, 2.24) is 14.5 Å². The molecule has 2 atom stereocenters. The van der Waals surface area contributed by atoms with Gasteiger partial charge in [0.15, 0.2) is 0 Å². The second-order valence-electron chi connectivity index (χ2n) is 5.27. The van der Waals surface area contributed by atoms with Gasteiger partial charge in [0.05, 0.1) is 18.5 Å². The summed E-state index contributed by atoms with van der Waals surface area (Å²) in [7, 11) is 0. The van der Waals surface area contributed by atoms with E-state index in [1.807, 2.05) is 16.8 Å². The van der Waals surface area contributed by atoms with Crippen LogP contribution >= 0.6 is 0 Å². The van der Waals surface area contributed by atoms with E-state index in [0.717, 1.165) is 13.0 Å². The first-order chi connectivity index (χ1) is 10.2. The lowest BCUT2D eigenvalue weighted by molar-refractivity contribution is -0.141. The Labute approximate surface area is 122 Å². The van der Waals surface area contributed by atoms with Gasteiger partial charge < -0.3 is 13.9 Å². The maximum atomic E-state index is 12.1. The maximum absolute atomic E-state index is 12.1. The normalized spacial score (nSPS) is 22.2. The average Bonchev–Trinajstić information content (AvgIpc) is 3.20. The fraction of sp³-hybridized carbons (Fsp3) is 0.400. The van der Waals surface area contributed by atoms with Gasteiger partial charge in [0.2, 0.25) is 5.78 Å². The lowest BCUT2D eigenvalue weighted by atomic mass is 10.00. The highest BCUT2D eigenvalue weighted by Crippen LogP contribution is 2.35. The zero-order valence-electron chi connectivity index (χ0n) is 11.8. The average molecular weight is 287 g/mol. The number of hydrogen-bond donors (Lipinski definition) is 0. The van der Waals surface area contributed by atoms with E-state index in [2.05, 4.69) is 4.98 Å². The topological polar surface area (TPSA) is 68.3 Å². The number of Topliss-reactive ketones (excluding diaryl/α,β-unsaturated/α-hetero) is 1. The number of imidazole rings is 1. The largest absolute Gasteiger partial charge is 0.467 e. The molecule has 0 spiro atoms. The second-order valence-corrected chi connectivity index (χ2v) is 5.27. The number of furan rings is 1. The Morgan fingerprint density at radius 3 is 2.86 bits per heavy atom. The molecule has 1 amide bonds. The van der Waals surface area contributed by atoms with Crippen LogP contribution in [0.5, 0.6) is 0 Å². The van der Waals surface area contributed by atoms with Gasteiger partial charge in [-0.25, -0.2) is 4.98 Å². The van der Waals surface area contributed by atoms with E-state index in [1.54, 1.807) is 36.7 Å². The number of carbonyl (C=O) groups excluding carboxylic acids is 2. The molecular formula is C15H17N3O3. The lowest BCUT2D eigenvalue weighted by Gasteiger charge is -2.24. The van der Waals surface area contributed by atoms with E-state index in [-0.39, 0.29) is 17.7 Å². The SMILES string of the molecule is CC1C(=O)C(=O)N(CCCn2ccnc2)C1c1ccco1. The van der Waals surface area contributed by atoms with Crippen LogP contribution in [0, 0.1) is 5.92 Å². The van der Waals surface area contributed by atoms with Gasteiger partial charge in [0, 0.05) is 25.5 Å². The van der Waals surface area contributed by atoms with Gasteiger partial charge in [-0.2, -0.15) is 0 Å². The summed E-state index contributed by atoms with van der Waals surface area (Å²) in [6, 6.07) is 3.30. The summed E-state index contributed by atoms with van der Waals surface area (Å²) in [5.74, 6) is -0.435. The number of ketones is 1. The molecule has 3 heterocycles. The fourth-order valence-electron chi connectivity index (χ4n) is 2.82. The third-order valence-corrected chi connectivity index (χ3v) is 3.90. The number of rotatable bonds is 5. The van der Waals surface area contributed by atoms with E-state index in [1.165, 1.54) is 0 Å². The first-order valence-corrected chi connectivity index (χ1v) is 7.02. The molecule has 1 aliphatic heterocycles. The number of amides is 1. The molecule has 2 aromatic rings. The Balaban J connectivity index is 1.71. The van der Waals surface area contributed by atoms with Gasteiger partial charge in [0.25, 0.3) is 5.91 Å². The van der Waals surface area contributed by atoms with Crippen LogP contribution in [0.2, 0.25) is 0 Å². The number of hydrogen-bond acceptors (Lipinski definition) is 4.